The molecule has 0 saturated heterocycles. The summed E-state index contributed by atoms with van der Waals surface area (Å²) >= 11 is 0. The number of carbonyl (C=O) groups is 1. The Labute approximate surface area is 98.5 Å². The minimum Gasteiger partial charge on any atom is -0.381 e. The topological polar surface area (TPSA) is 95.5 Å². The number of nitrogens with two attached hydrogens (primary N) is 1. The van der Waals surface area contributed by atoms with E-state index in [-0.39, 0.29) is 11.3 Å². The molecule has 0 aliphatic heterocycles. The smallest absolute Gasteiger partial charge is 0.272 e. The summed E-state index contributed by atoms with van der Waals surface area (Å²) in [7, 11) is 0. The zero-order valence-corrected chi connectivity index (χ0v) is 9.51. The van der Waals surface area contributed by atoms with E-state index in [0.717, 1.165) is 0 Å². The number of rotatable bonds is 6. The molecule has 1 rings (SSSR count). The van der Waals surface area contributed by atoms with Crippen molar-refractivity contribution in [2.75, 3.05) is 13.2 Å². The Bertz CT molecular complexity index is 431. The maximum absolute atomic E-state index is 11.0. The van der Waals surface area contributed by atoms with Gasteiger partial charge in [0.2, 0.25) is 5.91 Å². The molecule has 0 aromatic heterocycles. The number of nitro benzene ring substituents is 1. The molecular weight excluding hydrogens is 224 g/mol. The number of nitro groups is 1. The lowest BCUT2D eigenvalue weighted by Gasteiger charge is -2.05. The Balaban J connectivity index is 2.98. The molecule has 0 aliphatic rings. The summed E-state index contributed by atoms with van der Waals surface area (Å²) < 4.78 is 5.13. The number of carbonyl (C=O) groups excluding carboxylic acids is 1. The summed E-state index contributed by atoms with van der Waals surface area (Å²) in [5, 5.41) is 10.8. The molecule has 0 bridgehead atoms. The Morgan fingerprint density at radius 3 is 2.76 bits per heavy atom. The van der Waals surface area contributed by atoms with Crippen molar-refractivity contribution in [3.05, 3.63) is 39.4 Å². The lowest BCUT2D eigenvalue weighted by molar-refractivity contribution is -0.385. The van der Waals surface area contributed by atoms with E-state index in [4.69, 9.17) is 10.5 Å². The molecule has 1 aromatic carbocycles. The van der Waals surface area contributed by atoms with Crippen LogP contribution in [0.5, 0.6) is 0 Å². The van der Waals surface area contributed by atoms with Crippen LogP contribution in [0.2, 0.25) is 0 Å². The standard InChI is InChI=1S/C11H14N2O4/c1-2-17-6-5-8-7-9(11(12)14)3-4-10(8)13(15)16/h3-4,7H,2,5-6H2,1H3,(H2,12,14). The molecule has 0 spiro atoms. The maximum atomic E-state index is 11.0. The summed E-state index contributed by atoms with van der Waals surface area (Å²) in [5.41, 5.74) is 5.83. The number of ether oxygens (including phenoxy) is 1. The molecule has 17 heavy (non-hydrogen) atoms. The number of benzene rings is 1. The van der Waals surface area contributed by atoms with Gasteiger partial charge in [0.25, 0.3) is 5.69 Å². The van der Waals surface area contributed by atoms with Crippen LogP contribution in [0.4, 0.5) is 5.69 Å². The highest BCUT2D eigenvalue weighted by Crippen LogP contribution is 2.20. The predicted molar refractivity (Wildman–Crippen MR) is 61.8 cm³/mol. The SMILES string of the molecule is CCOCCc1cc(C(N)=O)ccc1[N+](=O)[O-]. The van der Waals surface area contributed by atoms with Gasteiger partial charge in [-0.15, -0.1) is 0 Å². The van der Waals surface area contributed by atoms with E-state index in [9.17, 15) is 14.9 Å². The zero-order valence-electron chi connectivity index (χ0n) is 9.51. The number of nitrogens with zero attached hydrogens (tertiary/aromatic N) is 1. The normalized spacial score (nSPS) is 10.2. The van der Waals surface area contributed by atoms with Crippen LogP contribution < -0.4 is 5.73 Å². The highest BCUT2D eigenvalue weighted by molar-refractivity contribution is 5.93. The van der Waals surface area contributed by atoms with Crippen molar-refractivity contribution in [1.82, 2.24) is 0 Å². The van der Waals surface area contributed by atoms with Crippen LogP contribution in [0.15, 0.2) is 18.2 Å². The van der Waals surface area contributed by atoms with Crippen molar-refractivity contribution in [1.29, 1.82) is 0 Å². The molecule has 0 heterocycles. The largest absolute Gasteiger partial charge is 0.381 e. The number of hydrogen-bond donors (Lipinski definition) is 1. The molecule has 0 radical (unpaired) electrons. The molecule has 0 atom stereocenters. The van der Waals surface area contributed by atoms with Gasteiger partial charge in [0.05, 0.1) is 11.5 Å². The second kappa shape index (κ2) is 5.95. The first-order valence-electron chi connectivity index (χ1n) is 5.21. The van der Waals surface area contributed by atoms with E-state index in [1.165, 1.54) is 18.2 Å². The van der Waals surface area contributed by atoms with Crippen molar-refractivity contribution in [2.45, 2.75) is 13.3 Å². The quantitative estimate of drug-likeness (QED) is 0.458. The van der Waals surface area contributed by atoms with Gasteiger partial charge < -0.3 is 10.5 Å². The van der Waals surface area contributed by atoms with Gasteiger partial charge in [-0.3, -0.25) is 14.9 Å². The summed E-state index contributed by atoms with van der Waals surface area (Å²) in [6, 6.07) is 4.09. The fraction of sp³-hybridized carbons (Fsp3) is 0.364. The molecule has 6 heteroatoms. The average Bonchev–Trinajstić information content (AvgIpc) is 2.28. The molecule has 1 aromatic rings. The molecule has 2 N–H and O–H groups in total. The van der Waals surface area contributed by atoms with Gasteiger partial charge in [0, 0.05) is 30.2 Å². The number of amides is 1. The van der Waals surface area contributed by atoms with Crippen LogP contribution in [-0.2, 0) is 11.2 Å². The van der Waals surface area contributed by atoms with Crippen molar-refractivity contribution >= 4 is 11.6 Å². The Morgan fingerprint density at radius 2 is 2.24 bits per heavy atom. The van der Waals surface area contributed by atoms with E-state index < -0.39 is 10.8 Å². The molecular formula is C11H14N2O4. The van der Waals surface area contributed by atoms with Crippen LogP contribution in [0.3, 0.4) is 0 Å². The first-order chi connectivity index (χ1) is 8.06. The van der Waals surface area contributed by atoms with E-state index in [1.807, 2.05) is 6.92 Å². The van der Waals surface area contributed by atoms with E-state index in [1.54, 1.807) is 0 Å². The van der Waals surface area contributed by atoms with E-state index >= 15 is 0 Å². The average molecular weight is 238 g/mol. The van der Waals surface area contributed by atoms with E-state index in [0.29, 0.717) is 25.2 Å². The van der Waals surface area contributed by atoms with Gasteiger partial charge >= 0.3 is 0 Å². The molecule has 0 aliphatic carbocycles. The second-order valence-corrected chi connectivity index (χ2v) is 3.41. The molecule has 6 nitrogen and oxygen atoms in total. The van der Waals surface area contributed by atoms with Crippen LogP contribution in [0, 0.1) is 10.1 Å². The molecule has 92 valence electrons. The fourth-order valence-electron chi connectivity index (χ4n) is 1.44. The van der Waals surface area contributed by atoms with E-state index in [2.05, 4.69) is 0 Å². The van der Waals surface area contributed by atoms with Crippen molar-refractivity contribution in [2.24, 2.45) is 5.73 Å². The predicted octanol–water partition coefficient (Wildman–Crippen LogP) is 1.27. The Hall–Kier alpha value is -1.95. The molecule has 0 fully saturated rings. The van der Waals surface area contributed by atoms with Gasteiger partial charge in [0.15, 0.2) is 0 Å². The minimum atomic E-state index is -0.599. The lowest BCUT2D eigenvalue weighted by Crippen LogP contribution is -2.12. The monoisotopic (exact) mass is 238 g/mol. The van der Waals surface area contributed by atoms with Crippen molar-refractivity contribution in [3.63, 3.8) is 0 Å². The summed E-state index contributed by atoms with van der Waals surface area (Å²) in [5.74, 6) is -0.599. The Morgan fingerprint density at radius 1 is 1.53 bits per heavy atom. The molecule has 1 amide bonds. The first-order valence-corrected chi connectivity index (χ1v) is 5.21. The van der Waals surface area contributed by atoms with Crippen LogP contribution in [-0.4, -0.2) is 24.0 Å². The van der Waals surface area contributed by atoms with Crippen LogP contribution in [0.25, 0.3) is 0 Å². The fourth-order valence-corrected chi connectivity index (χ4v) is 1.44. The summed E-state index contributed by atoms with van der Waals surface area (Å²) in [6.07, 6.45) is 0.380. The van der Waals surface area contributed by atoms with Gasteiger partial charge in [-0.25, -0.2) is 0 Å². The zero-order chi connectivity index (χ0) is 12.8. The highest BCUT2D eigenvalue weighted by Gasteiger charge is 2.15. The van der Waals surface area contributed by atoms with Crippen LogP contribution in [0.1, 0.15) is 22.8 Å². The number of hydrogen-bond acceptors (Lipinski definition) is 4. The second-order valence-electron chi connectivity index (χ2n) is 3.41. The third-order valence-electron chi connectivity index (χ3n) is 2.28. The van der Waals surface area contributed by atoms with Gasteiger partial charge in [-0.1, -0.05) is 0 Å². The minimum absolute atomic E-state index is 0.0188. The maximum Gasteiger partial charge on any atom is 0.272 e. The van der Waals surface area contributed by atoms with Gasteiger partial charge in [0.1, 0.15) is 0 Å². The summed E-state index contributed by atoms with van der Waals surface area (Å²) in [6.45, 7) is 2.76. The van der Waals surface area contributed by atoms with Gasteiger partial charge in [-0.2, -0.15) is 0 Å². The number of primary amides is 1. The highest BCUT2D eigenvalue weighted by atomic mass is 16.6. The first kappa shape index (κ1) is 13.1. The van der Waals surface area contributed by atoms with Crippen molar-refractivity contribution < 1.29 is 14.5 Å². The third-order valence-corrected chi connectivity index (χ3v) is 2.28. The lowest BCUT2D eigenvalue weighted by atomic mass is 10.1. The molecule has 0 saturated carbocycles. The van der Waals surface area contributed by atoms with Gasteiger partial charge in [-0.05, 0) is 19.1 Å². The summed E-state index contributed by atoms with van der Waals surface area (Å²) in [4.78, 5) is 21.3. The molecule has 0 unspecified atom stereocenters. The van der Waals surface area contributed by atoms with Crippen LogP contribution >= 0.6 is 0 Å². The third kappa shape index (κ3) is 3.53. The van der Waals surface area contributed by atoms with Crippen molar-refractivity contribution in [3.8, 4) is 0 Å². The Kier molecular flexibility index (Phi) is 4.59.